The van der Waals surface area contributed by atoms with E-state index in [0.29, 0.717) is 0 Å². The molecule has 1 aliphatic carbocycles. The monoisotopic (exact) mass is 238 g/mol. The zero-order valence-corrected chi connectivity index (χ0v) is 11.1. The Morgan fingerprint density at radius 3 is 2.94 bits per heavy atom. The first kappa shape index (κ1) is 12.1. The average Bonchev–Trinajstić information content (AvgIpc) is 2.67. The molecule has 1 fully saturated rings. The zero-order valence-electron chi connectivity index (χ0n) is 10.3. The van der Waals surface area contributed by atoms with Gasteiger partial charge in [-0.05, 0) is 31.7 Å². The van der Waals surface area contributed by atoms with Crippen LogP contribution in [0.25, 0.3) is 0 Å². The number of hydrogen-bond acceptors (Lipinski definition) is 3. The lowest BCUT2D eigenvalue weighted by atomic mass is 9.80. The molecule has 1 aliphatic rings. The Morgan fingerprint density at radius 1 is 1.44 bits per heavy atom. The van der Waals surface area contributed by atoms with Gasteiger partial charge in [-0.15, -0.1) is 11.3 Å². The Labute approximate surface area is 102 Å². The van der Waals surface area contributed by atoms with E-state index in [1.165, 1.54) is 42.1 Å². The highest BCUT2D eigenvalue weighted by atomic mass is 32.1. The summed E-state index contributed by atoms with van der Waals surface area (Å²) in [6.07, 6.45) is 7.70. The minimum absolute atomic E-state index is 0.891. The first-order chi connectivity index (χ1) is 7.75. The quantitative estimate of drug-likeness (QED) is 0.870. The highest BCUT2D eigenvalue weighted by molar-refractivity contribution is 7.11. The molecule has 1 aromatic rings. The molecule has 0 aromatic carbocycles. The molecule has 0 radical (unpaired) electrons. The number of rotatable bonds is 4. The Kier molecular flexibility index (Phi) is 4.36. The highest BCUT2D eigenvalue weighted by Gasteiger charge is 2.20. The summed E-state index contributed by atoms with van der Waals surface area (Å²) in [6.45, 7) is 6.65. The fourth-order valence-electron chi connectivity index (χ4n) is 2.56. The number of thiazole rings is 1. The van der Waals surface area contributed by atoms with Crippen molar-refractivity contribution in [1.82, 2.24) is 10.3 Å². The van der Waals surface area contributed by atoms with Crippen LogP contribution in [0.15, 0.2) is 6.20 Å². The lowest BCUT2D eigenvalue weighted by Gasteiger charge is -2.28. The molecule has 3 heteroatoms. The van der Waals surface area contributed by atoms with Crippen molar-refractivity contribution in [2.75, 3.05) is 6.54 Å². The van der Waals surface area contributed by atoms with Gasteiger partial charge in [-0.25, -0.2) is 4.98 Å². The number of aryl methyl sites for hydroxylation is 1. The van der Waals surface area contributed by atoms with Gasteiger partial charge < -0.3 is 5.32 Å². The van der Waals surface area contributed by atoms with E-state index in [2.05, 4.69) is 24.1 Å². The predicted molar refractivity (Wildman–Crippen MR) is 69.7 cm³/mol. The van der Waals surface area contributed by atoms with Crippen molar-refractivity contribution in [3.05, 3.63) is 16.1 Å². The molecule has 0 aliphatic heterocycles. The minimum Gasteiger partial charge on any atom is -0.312 e. The second-order valence-electron chi connectivity index (χ2n) is 5.00. The van der Waals surface area contributed by atoms with E-state index in [-0.39, 0.29) is 0 Å². The van der Waals surface area contributed by atoms with Crippen LogP contribution in [0.2, 0.25) is 0 Å². The van der Waals surface area contributed by atoms with E-state index in [9.17, 15) is 0 Å². The van der Waals surface area contributed by atoms with E-state index in [1.54, 1.807) is 11.3 Å². The van der Waals surface area contributed by atoms with Crippen LogP contribution in [-0.4, -0.2) is 11.5 Å². The maximum absolute atomic E-state index is 4.28. The SMILES string of the molecule is Cc1ncc(CNCC2CCCCC2C)s1. The molecule has 0 spiro atoms. The van der Waals surface area contributed by atoms with Crippen molar-refractivity contribution in [3.63, 3.8) is 0 Å². The van der Waals surface area contributed by atoms with E-state index >= 15 is 0 Å². The average molecular weight is 238 g/mol. The summed E-state index contributed by atoms with van der Waals surface area (Å²) < 4.78 is 0. The summed E-state index contributed by atoms with van der Waals surface area (Å²) in [5, 5.41) is 4.75. The van der Waals surface area contributed by atoms with Crippen LogP contribution < -0.4 is 5.32 Å². The molecular formula is C13H22N2S. The van der Waals surface area contributed by atoms with E-state index in [1.807, 2.05) is 6.20 Å². The van der Waals surface area contributed by atoms with E-state index < -0.39 is 0 Å². The lowest BCUT2D eigenvalue weighted by Crippen LogP contribution is -2.28. The van der Waals surface area contributed by atoms with E-state index in [4.69, 9.17) is 0 Å². The largest absolute Gasteiger partial charge is 0.312 e. The molecule has 0 bridgehead atoms. The standard InChI is InChI=1S/C13H22N2S/c1-10-5-3-4-6-12(10)7-14-8-13-9-15-11(2)16-13/h9-10,12,14H,3-8H2,1-2H3. The summed E-state index contributed by atoms with van der Waals surface area (Å²) >= 11 is 1.80. The Bertz CT molecular complexity index is 321. The molecule has 2 nitrogen and oxygen atoms in total. The summed E-state index contributed by atoms with van der Waals surface area (Å²) in [4.78, 5) is 5.64. The van der Waals surface area contributed by atoms with Crippen LogP contribution in [0.1, 0.15) is 42.5 Å². The van der Waals surface area contributed by atoms with Crippen LogP contribution in [0.3, 0.4) is 0 Å². The van der Waals surface area contributed by atoms with Gasteiger partial charge in [0, 0.05) is 17.6 Å². The highest BCUT2D eigenvalue weighted by Crippen LogP contribution is 2.28. The first-order valence-electron chi connectivity index (χ1n) is 6.37. The number of nitrogens with zero attached hydrogens (tertiary/aromatic N) is 1. The van der Waals surface area contributed by atoms with Crippen LogP contribution >= 0.6 is 11.3 Å². The first-order valence-corrected chi connectivity index (χ1v) is 7.19. The van der Waals surface area contributed by atoms with Crippen LogP contribution in [0.4, 0.5) is 0 Å². The Hall–Kier alpha value is -0.410. The second kappa shape index (κ2) is 5.78. The lowest BCUT2D eigenvalue weighted by molar-refractivity contribution is 0.248. The smallest absolute Gasteiger partial charge is 0.0897 e. The molecule has 2 atom stereocenters. The van der Waals surface area contributed by atoms with Gasteiger partial charge in [0.25, 0.3) is 0 Å². The summed E-state index contributed by atoms with van der Waals surface area (Å²) in [5.41, 5.74) is 0. The summed E-state index contributed by atoms with van der Waals surface area (Å²) in [7, 11) is 0. The van der Waals surface area contributed by atoms with Crippen molar-refractivity contribution >= 4 is 11.3 Å². The van der Waals surface area contributed by atoms with Gasteiger partial charge in [0.2, 0.25) is 0 Å². The van der Waals surface area contributed by atoms with Crippen molar-refractivity contribution in [3.8, 4) is 0 Å². The van der Waals surface area contributed by atoms with Gasteiger partial charge in [0.15, 0.2) is 0 Å². The van der Waals surface area contributed by atoms with Gasteiger partial charge in [0.1, 0.15) is 0 Å². The van der Waals surface area contributed by atoms with Crippen molar-refractivity contribution < 1.29 is 0 Å². The van der Waals surface area contributed by atoms with Gasteiger partial charge in [-0.1, -0.05) is 26.2 Å². The van der Waals surface area contributed by atoms with Crippen molar-refractivity contribution in [1.29, 1.82) is 0 Å². The van der Waals surface area contributed by atoms with E-state index in [0.717, 1.165) is 18.4 Å². The maximum Gasteiger partial charge on any atom is 0.0897 e. The topological polar surface area (TPSA) is 24.9 Å². The Balaban J connectivity index is 1.71. The number of hydrogen-bond donors (Lipinski definition) is 1. The third kappa shape index (κ3) is 3.29. The zero-order chi connectivity index (χ0) is 11.4. The molecule has 0 saturated heterocycles. The second-order valence-corrected chi connectivity index (χ2v) is 6.32. The molecule has 1 heterocycles. The van der Waals surface area contributed by atoms with Gasteiger partial charge in [-0.2, -0.15) is 0 Å². The third-order valence-electron chi connectivity index (χ3n) is 3.66. The fraction of sp³-hybridized carbons (Fsp3) is 0.769. The van der Waals surface area contributed by atoms with Gasteiger partial charge in [-0.3, -0.25) is 0 Å². The maximum atomic E-state index is 4.28. The van der Waals surface area contributed by atoms with Crippen molar-refractivity contribution in [2.24, 2.45) is 11.8 Å². The summed E-state index contributed by atoms with van der Waals surface area (Å²) in [5.74, 6) is 1.80. The number of nitrogens with one attached hydrogen (secondary N) is 1. The normalized spacial score (nSPS) is 25.9. The molecule has 1 aromatic heterocycles. The predicted octanol–water partition coefficient (Wildman–Crippen LogP) is 3.37. The molecule has 90 valence electrons. The molecule has 16 heavy (non-hydrogen) atoms. The van der Waals surface area contributed by atoms with Crippen LogP contribution in [0, 0.1) is 18.8 Å². The summed E-state index contributed by atoms with van der Waals surface area (Å²) in [6, 6.07) is 0. The third-order valence-corrected chi connectivity index (χ3v) is 4.58. The molecule has 1 N–H and O–H groups in total. The van der Waals surface area contributed by atoms with Crippen molar-refractivity contribution in [2.45, 2.75) is 46.1 Å². The molecule has 0 amide bonds. The Morgan fingerprint density at radius 2 is 2.25 bits per heavy atom. The minimum atomic E-state index is 0.891. The fourth-order valence-corrected chi connectivity index (χ4v) is 3.33. The van der Waals surface area contributed by atoms with Gasteiger partial charge >= 0.3 is 0 Å². The van der Waals surface area contributed by atoms with Crippen LogP contribution in [0.5, 0.6) is 0 Å². The molecular weight excluding hydrogens is 216 g/mol. The number of aromatic nitrogens is 1. The van der Waals surface area contributed by atoms with Gasteiger partial charge in [0.05, 0.1) is 5.01 Å². The van der Waals surface area contributed by atoms with Crippen LogP contribution in [-0.2, 0) is 6.54 Å². The molecule has 2 unspecified atom stereocenters. The molecule has 2 rings (SSSR count). The molecule has 1 saturated carbocycles.